The van der Waals surface area contributed by atoms with Crippen molar-refractivity contribution in [2.24, 2.45) is 5.73 Å². The second kappa shape index (κ2) is 4.18. The van der Waals surface area contributed by atoms with E-state index in [1.807, 2.05) is 25.1 Å². The molecule has 12 heavy (non-hydrogen) atoms. The molecular formula is C9H14N2O. The molecule has 1 heterocycles. The maximum absolute atomic E-state index is 8.66. The lowest BCUT2D eigenvalue weighted by Gasteiger charge is -2.08. The molecule has 66 valence electrons. The fraction of sp³-hybridized carbons (Fsp3) is 0.444. The van der Waals surface area contributed by atoms with Gasteiger partial charge in [0.2, 0.25) is 0 Å². The van der Waals surface area contributed by atoms with Gasteiger partial charge in [0.05, 0.1) is 5.69 Å². The van der Waals surface area contributed by atoms with E-state index in [9.17, 15) is 0 Å². The number of rotatable bonds is 3. The molecular weight excluding hydrogens is 152 g/mol. The zero-order valence-electron chi connectivity index (χ0n) is 7.20. The molecule has 1 rings (SSSR count). The van der Waals surface area contributed by atoms with E-state index in [1.54, 1.807) is 0 Å². The first kappa shape index (κ1) is 9.16. The predicted octanol–water partition coefficient (Wildman–Crippen LogP) is 0.772. The first-order valence-electron chi connectivity index (χ1n) is 4.04. The normalized spacial score (nSPS) is 12.9. The predicted molar refractivity (Wildman–Crippen MR) is 47.6 cm³/mol. The Morgan fingerprint density at radius 1 is 1.58 bits per heavy atom. The summed E-state index contributed by atoms with van der Waals surface area (Å²) < 4.78 is 0. The average Bonchev–Trinajstić information content (AvgIpc) is 2.05. The zero-order valence-corrected chi connectivity index (χ0v) is 7.20. The van der Waals surface area contributed by atoms with Crippen LogP contribution in [0.15, 0.2) is 18.2 Å². The van der Waals surface area contributed by atoms with E-state index in [0.29, 0.717) is 6.42 Å². The Balaban J connectivity index is 2.73. The number of pyridine rings is 1. The molecule has 0 aromatic carbocycles. The summed E-state index contributed by atoms with van der Waals surface area (Å²) in [6.07, 6.45) is 0.566. The lowest BCUT2D eigenvalue weighted by molar-refractivity contribution is 0.275. The number of aliphatic hydroxyl groups is 1. The van der Waals surface area contributed by atoms with Crippen LogP contribution < -0.4 is 5.73 Å². The van der Waals surface area contributed by atoms with E-state index in [1.165, 1.54) is 0 Å². The average molecular weight is 166 g/mol. The topological polar surface area (TPSA) is 59.1 Å². The van der Waals surface area contributed by atoms with Crippen LogP contribution in [0.4, 0.5) is 0 Å². The summed E-state index contributed by atoms with van der Waals surface area (Å²) in [6.45, 7) is 2.03. The van der Waals surface area contributed by atoms with E-state index < -0.39 is 0 Å². The van der Waals surface area contributed by atoms with Gasteiger partial charge in [-0.3, -0.25) is 4.98 Å². The second-order valence-corrected chi connectivity index (χ2v) is 2.82. The monoisotopic (exact) mass is 166 g/mol. The molecule has 3 heteroatoms. The van der Waals surface area contributed by atoms with Crippen molar-refractivity contribution in [2.75, 3.05) is 6.61 Å². The molecule has 0 aliphatic heterocycles. The highest BCUT2D eigenvalue weighted by Gasteiger charge is 2.05. The molecule has 0 aliphatic rings. The van der Waals surface area contributed by atoms with Gasteiger partial charge in [0.25, 0.3) is 0 Å². The van der Waals surface area contributed by atoms with Gasteiger partial charge in [0.1, 0.15) is 0 Å². The van der Waals surface area contributed by atoms with Crippen molar-refractivity contribution in [3.8, 4) is 0 Å². The van der Waals surface area contributed by atoms with Gasteiger partial charge >= 0.3 is 0 Å². The minimum Gasteiger partial charge on any atom is -0.396 e. The maximum Gasteiger partial charge on any atom is 0.0575 e. The molecule has 1 aromatic heterocycles. The molecule has 0 radical (unpaired) electrons. The van der Waals surface area contributed by atoms with Crippen molar-refractivity contribution >= 4 is 0 Å². The van der Waals surface area contributed by atoms with Crippen molar-refractivity contribution < 1.29 is 5.11 Å². The lowest BCUT2D eigenvalue weighted by Crippen LogP contribution is -2.13. The third kappa shape index (κ3) is 2.29. The third-order valence-corrected chi connectivity index (χ3v) is 1.73. The first-order valence-corrected chi connectivity index (χ1v) is 4.04. The molecule has 0 unspecified atom stereocenters. The molecule has 0 spiro atoms. The summed E-state index contributed by atoms with van der Waals surface area (Å²) in [5, 5.41) is 8.66. The summed E-state index contributed by atoms with van der Waals surface area (Å²) in [7, 11) is 0. The summed E-state index contributed by atoms with van der Waals surface area (Å²) >= 11 is 0. The fourth-order valence-electron chi connectivity index (χ4n) is 1.06. The van der Waals surface area contributed by atoms with Gasteiger partial charge in [-0.05, 0) is 25.5 Å². The summed E-state index contributed by atoms with van der Waals surface area (Å²) in [5.74, 6) is 0. The van der Waals surface area contributed by atoms with Crippen molar-refractivity contribution in [3.05, 3.63) is 29.6 Å². The molecule has 1 aromatic rings. The van der Waals surface area contributed by atoms with Gasteiger partial charge in [-0.25, -0.2) is 0 Å². The number of aryl methyl sites for hydroxylation is 1. The summed E-state index contributed by atoms with van der Waals surface area (Å²) in [5.41, 5.74) is 7.56. The SMILES string of the molecule is Cc1cccc([C@H](N)CCO)n1. The lowest BCUT2D eigenvalue weighted by atomic mass is 10.1. The highest BCUT2D eigenvalue weighted by Crippen LogP contribution is 2.10. The molecule has 1 atom stereocenters. The molecule has 0 saturated heterocycles. The van der Waals surface area contributed by atoms with Crippen LogP contribution in [0.3, 0.4) is 0 Å². The van der Waals surface area contributed by atoms with E-state index in [4.69, 9.17) is 10.8 Å². The van der Waals surface area contributed by atoms with Crippen molar-refractivity contribution in [1.29, 1.82) is 0 Å². The van der Waals surface area contributed by atoms with Gasteiger partial charge in [-0.1, -0.05) is 6.07 Å². The number of nitrogens with zero attached hydrogens (tertiary/aromatic N) is 1. The van der Waals surface area contributed by atoms with Crippen molar-refractivity contribution in [2.45, 2.75) is 19.4 Å². The second-order valence-electron chi connectivity index (χ2n) is 2.82. The van der Waals surface area contributed by atoms with E-state index in [-0.39, 0.29) is 12.6 Å². The quantitative estimate of drug-likeness (QED) is 0.697. The van der Waals surface area contributed by atoms with Crippen LogP contribution in [0.5, 0.6) is 0 Å². The van der Waals surface area contributed by atoms with Crippen LogP contribution in [0, 0.1) is 6.92 Å². The van der Waals surface area contributed by atoms with Crippen LogP contribution in [0.25, 0.3) is 0 Å². The van der Waals surface area contributed by atoms with Crippen LogP contribution in [0.2, 0.25) is 0 Å². The Bertz CT molecular complexity index is 250. The van der Waals surface area contributed by atoms with Crippen LogP contribution >= 0.6 is 0 Å². The number of hydrogen-bond acceptors (Lipinski definition) is 3. The summed E-state index contributed by atoms with van der Waals surface area (Å²) in [4.78, 5) is 4.26. The van der Waals surface area contributed by atoms with Crippen LogP contribution in [-0.4, -0.2) is 16.7 Å². The Kier molecular flexibility index (Phi) is 3.19. The number of aromatic nitrogens is 1. The Labute approximate surface area is 72.2 Å². The van der Waals surface area contributed by atoms with Crippen molar-refractivity contribution in [3.63, 3.8) is 0 Å². The summed E-state index contributed by atoms with van der Waals surface area (Å²) in [6, 6.07) is 5.59. The van der Waals surface area contributed by atoms with Crippen LogP contribution in [0.1, 0.15) is 23.9 Å². The van der Waals surface area contributed by atoms with E-state index >= 15 is 0 Å². The van der Waals surface area contributed by atoms with Gasteiger partial charge in [0, 0.05) is 18.3 Å². The Morgan fingerprint density at radius 2 is 2.33 bits per heavy atom. The van der Waals surface area contributed by atoms with Gasteiger partial charge in [-0.15, -0.1) is 0 Å². The van der Waals surface area contributed by atoms with Crippen LogP contribution in [-0.2, 0) is 0 Å². The minimum absolute atomic E-state index is 0.108. The van der Waals surface area contributed by atoms with Gasteiger partial charge in [-0.2, -0.15) is 0 Å². The number of nitrogens with two attached hydrogens (primary N) is 1. The molecule has 0 aliphatic carbocycles. The zero-order chi connectivity index (χ0) is 8.97. The third-order valence-electron chi connectivity index (χ3n) is 1.73. The minimum atomic E-state index is -0.144. The van der Waals surface area contributed by atoms with E-state index in [2.05, 4.69) is 4.98 Å². The Morgan fingerprint density at radius 3 is 2.92 bits per heavy atom. The van der Waals surface area contributed by atoms with Crippen molar-refractivity contribution in [1.82, 2.24) is 4.98 Å². The highest BCUT2D eigenvalue weighted by molar-refractivity contribution is 5.12. The molecule has 0 bridgehead atoms. The highest BCUT2D eigenvalue weighted by atomic mass is 16.3. The molecule has 0 fully saturated rings. The molecule has 3 N–H and O–H groups in total. The Hall–Kier alpha value is -0.930. The molecule has 0 amide bonds. The standard InChI is InChI=1S/C9H14N2O/c1-7-3-2-4-9(11-7)8(10)5-6-12/h2-4,8,12H,5-6,10H2,1H3/t8-/m1/s1. The largest absolute Gasteiger partial charge is 0.396 e. The molecule has 3 nitrogen and oxygen atoms in total. The smallest absolute Gasteiger partial charge is 0.0575 e. The van der Waals surface area contributed by atoms with E-state index in [0.717, 1.165) is 11.4 Å². The van der Waals surface area contributed by atoms with Gasteiger partial charge in [0.15, 0.2) is 0 Å². The van der Waals surface area contributed by atoms with Gasteiger partial charge < -0.3 is 10.8 Å². The first-order chi connectivity index (χ1) is 5.74. The number of aliphatic hydroxyl groups excluding tert-OH is 1. The fourth-order valence-corrected chi connectivity index (χ4v) is 1.06. The molecule has 0 saturated carbocycles. The maximum atomic E-state index is 8.66. The number of hydrogen-bond donors (Lipinski definition) is 2.